The highest BCUT2D eigenvalue weighted by atomic mass is 16.6. The number of carbonyl (C=O) groups excluding carboxylic acids is 2. The first-order valence-corrected chi connectivity index (χ1v) is 13.7. The summed E-state index contributed by atoms with van der Waals surface area (Å²) in [5.41, 5.74) is -1.51. The zero-order valence-corrected chi connectivity index (χ0v) is 24.7. The summed E-state index contributed by atoms with van der Waals surface area (Å²) in [7, 11) is 6.35. The lowest BCUT2D eigenvalue weighted by Gasteiger charge is -2.37. The second kappa shape index (κ2) is 24.2. The fraction of sp³-hybridized carbons (Fsp3) is 0.923. The van der Waals surface area contributed by atoms with Crippen molar-refractivity contribution in [3.63, 3.8) is 0 Å². The van der Waals surface area contributed by atoms with Gasteiger partial charge in [-0.3, -0.25) is 9.59 Å². The molecule has 14 heteroatoms. The summed E-state index contributed by atoms with van der Waals surface area (Å²) in [4.78, 5) is 26.8. The van der Waals surface area contributed by atoms with Crippen LogP contribution >= 0.6 is 0 Å². The first kappa shape index (κ1) is 36.6. The van der Waals surface area contributed by atoms with Crippen molar-refractivity contribution in [2.45, 2.75) is 5.60 Å². The molecule has 0 spiro atoms. The van der Waals surface area contributed by atoms with Crippen molar-refractivity contribution in [1.29, 1.82) is 0 Å². The number of amides is 2. The summed E-state index contributed by atoms with van der Waals surface area (Å²) >= 11 is 0. The Morgan fingerprint density at radius 1 is 0.400 bits per heavy atom. The minimum atomic E-state index is -1.51. The standard InChI is InChI=1S/C10H18N2O4.4C4H8O2/c1-11(2)8(13)10(9(14)12(3)4)7-15-5-6-16-10;4*1-2-6-4-3-5-1/h5-7H2,1-4H3;4*1-4H2. The normalized spacial score (nSPS) is 22.0. The van der Waals surface area contributed by atoms with Crippen LogP contribution in [0.3, 0.4) is 0 Å². The van der Waals surface area contributed by atoms with Gasteiger partial charge in [-0.1, -0.05) is 0 Å². The number of hydrogen-bond donors (Lipinski definition) is 0. The Balaban J connectivity index is 0.000000275. The zero-order chi connectivity index (χ0) is 29.3. The summed E-state index contributed by atoms with van der Waals surface area (Å²) < 4.78 is 50.2. The molecule has 0 N–H and O–H groups in total. The highest BCUT2D eigenvalue weighted by Gasteiger charge is 2.51. The molecule has 5 rings (SSSR count). The van der Waals surface area contributed by atoms with E-state index >= 15 is 0 Å². The molecular weight excluding hydrogens is 532 g/mol. The monoisotopic (exact) mass is 582 g/mol. The van der Waals surface area contributed by atoms with Crippen molar-refractivity contribution < 1.29 is 57.0 Å². The molecule has 14 nitrogen and oxygen atoms in total. The Morgan fingerprint density at radius 3 is 0.775 bits per heavy atom. The third-order valence-electron chi connectivity index (χ3n) is 5.36. The van der Waals surface area contributed by atoms with Gasteiger partial charge in [-0.25, -0.2) is 0 Å². The van der Waals surface area contributed by atoms with Gasteiger partial charge in [0.1, 0.15) is 0 Å². The van der Waals surface area contributed by atoms with E-state index in [2.05, 4.69) is 0 Å². The molecule has 0 aromatic heterocycles. The Morgan fingerprint density at radius 2 is 0.625 bits per heavy atom. The summed E-state index contributed by atoms with van der Waals surface area (Å²) in [5.74, 6) is -0.767. The third-order valence-corrected chi connectivity index (χ3v) is 5.36. The van der Waals surface area contributed by atoms with E-state index in [0.717, 1.165) is 106 Å². The summed E-state index contributed by atoms with van der Waals surface area (Å²) in [6.07, 6.45) is 0. The van der Waals surface area contributed by atoms with Crippen LogP contribution in [0.1, 0.15) is 0 Å². The molecular formula is C26H50N2O12. The molecule has 236 valence electrons. The smallest absolute Gasteiger partial charge is 0.266 e. The SMILES string of the molecule is C1COCCO1.C1COCCO1.C1COCCO1.C1COCCO1.CN(C)C(=O)C1(C(=O)N(C)C)COCCO1. The molecule has 0 atom stereocenters. The van der Waals surface area contributed by atoms with E-state index in [0.29, 0.717) is 6.61 Å². The molecule has 2 amide bonds. The minimum absolute atomic E-state index is 0.0268. The van der Waals surface area contributed by atoms with Gasteiger partial charge in [-0.2, -0.15) is 0 Å². The predicted molar refractivity (Wildman–Crippen MR) is 143 cm³/mol. The number of carbonyl (C=O) groups is 2. The largest absolute Gasteiger partial charge is 0.377 e. The van der Waals surface area contributed by atoms with Gasteiger partial charge in [0.15, 0.2) is 0 Å². The van der Waals surface area contributed by atoms with Crippen molar-refractivity contribution in [2.75, 3.05) is 154 Å². The van der Waals surface area contributed by atoms with E-state index in [1.54, 1.807) is 28.2 Å². The number of hydrogen-bond acceptors (Lipinski definition) is 12. The van der Waals surface area contributed by atoms with Gasteiger partial charge in [0.2, 0.25) is 5.60 Å². The highest BCUT2D eigenvalue weighted by Crippen LogP contribution is 2.21. The number of ether oxygens (including phenoxy) is 10. The molecule has 0 aromatic rings. The number of nitrogens with zero attached hydrogens (tertiary/aromatic N) is 2. The molecule has 5 saturated heterocycles. The Bertz CT molecular complexity index is 501. The Hall–Kier alpha value is -1.46. The maximum atomic E-state index is 12.0. The van der Waals surface area contributed by atoms with Crippen LogP contribution in [0.4, 0.5) is 0 Å². The van der Waals surface area contributed by atoms with E-state index in [-0.39, 0.29) is 25.0 Å². The molecule has 0 unspecified atom stereocenters. The first-order chi connectivity index (χ1) is 19.4. The van der Waals surface area contributed by atoms with Crippen LogP contribution in [-0.4, -0.2) is 181 Å². The molecule has 5 aliphatic heterocycles. The summed E-state index contributed by atoms with van der Waals surface area (Å²) in [6, 6.07) is 0. The topological polar surface area (TPSA) is 133 Å². The van der Waals surface area contributed by atoms with Crippen LogP contribution < -0.4 is 0 Å². The second-order valence-corrected chi connectivity index (χ2v) is 9.03. The van der Waals surface area contributed by atoms with E-state index < -0.39 is 5.60 Å². The number of rotatable bonds is 2. The Labute approximate surface area is 238 Å². The molecule has 40 heavy (non-hydrogen) atoms. The fourth-order valence-corrected chi connectivity index (χ4v) is 3.35. The molecule has 5 aliphatic rings. The summed E-state index contributed by atoms with van der Waals surface area (Å²) in [5, 5.41) is 0. The van der Waals surface area contributed by atoms with E-state index in [9.17, 15) is 9.59 Å². The second-order valence-electron chi connectivity index (χ2n) is 9.03. The zero-order valence-electron chi connectivity index (χ0n) is 24.7. The van der Waals surface area contributed by atoms with Crippen molar-refractivity contribution >= 4 is 11.8 Å². The molecule has 0 bridgehead atoms. The van der Waals surface area contributed by atoms with E-state index in [1.165, 1.54) is 9.80 Å². The fourth-order valence-electron chi connectivity index (χ4n) is 3.35. The molecule has 0 radical (unpaired) electrons. The van der Waals surface area contributed by atoms with E-state index in [1.807, 2.05) is 0 Å². The molecule has 0 aromatic carbocycles. The lowest BCUT2D eigenvalue weighted by molar-refractivity contribution is -0.195. The van der Waals surface area contributed by atoms with Crippen LogP contribution in [0, 0.1) is 0 Å². The minimum Gasteiger partial charge on any atom is -0.377 e. The molecule has 0 aliphatic carbocycles. The van der Waals surface area contributed by atoms with Crippen LogP contribution in [0.5, 0.6) is 0 Å². The van der Waals surface area contributed by atoms with Gasteiger partial charge in [-0.05, 0) is 0 Å². The molecule has 5 fully saturated rings. The van der Waals surface area contributed by atoms with Gasteiger partial charge in [0.25, 0.3) is 11.8 Å². The average Bonchev–Trinajstić information content (AvgIpc) is 3.05. The predicted octanol–water partition coefficient (Wildman–Crippen LogP) is -0.919. The number of likely N-dealkylation sites (N-methyl/N-ethyl adjacent to an activating group) is 2. The Kier molecular flexibility index (Phi) is 22.1. The third kappa shape index (κ3) is 16.7. The van der Waals surface area contributed by atoms with Gasteiger partial charge >= 0.3 is 0 Å². The maximum absolute atomic E-state index is 12.0. The summed E-state index contributed by atoms with van der Waals surface area (Å²) in [6.45, 7) is 13.1. The van der Waals surface area contributed by atoms with Crippen LogP contribution in [0.2, 0.25) is 0 Å². The van der Waals surface area contributed by atoms with Crippen LogP contribution in [0.15, 0.2) is 0 Å². The lowest BCUT2D eigenvalue weighted by Crippen LogP contribution is -2.62. The van der Waals surface area contributed by atoms with Crippen molar-refractivity contribution in [3.8, 4) is 0 Å². The lowest BCUT2D eigenvalue weighted by atomic mass is 10.0. The van der Waals surface area contributed by atoms with Gasteiger partial charge in [-0.15, -0.1) is 0 Å². The first-order valence-electron chi connectivity index (χ1n) is 13.7. The van der Waals surface area contributed by atoms with Crippen LogP contribution in [-0.2, 0) is 57.0 Å². The molecule has 0 saturated carbocycles. The van der Waals surface area contributed by atoms with Crippen molar-refractivity contribution in [3.05, 3.63) is 0 Å². The van der Waals surface area contributed by atoms with Gasteiger partial charge in [0.05, 0.1) is 126 Å². The van der Waals surface area contributed by atoms with Crippen molar-refractivity contribution in [2.24, 2.45) is 0 Å². The van der Waals surface area contributed by atoms with E-state index in [4.69, 9.17) is 47.4 Å². The average molecular weight is 583 g/mol. The van der Waals surface area contributed by atoms with Gasteiger partial charge < -0.3 is 57.2 Å². The quantitative estimate of drug-likeness (QED) is 0.373. The van der Waals surface area contributed by atoms with Gasteiger partial charge in [0, 0.05) is 28.2 Å². The van der Waals surface area contributed by atoms with Crippen LogP contribution in [0.25, 0.3) is 0 Å². The maximum Gasteiger partial charge on any atom is 0.266 e. The van der Waals surface area contributed by atoms with Crippen molar-refractivity contribution in [1.82, 2.24) is 9.80 Å². The molecule has 5 heterocycles. The highest BCUT2D eigenvalue weighted by molar-refractivity contribution is 6.08.